The Bertz CT molecular complexity index is 1270. The number of halogens is 1. The molecule has 0 bridgehead atoms. The predicted molar refractivity (Wildman–Crippen MR) is 156 cm³/mol. The van der Waals surface area contributed by atoms with Crippen LogP contribution in [-0.4, -0.2) is 80.8 Å². The Balaban J connectivity index is 1.24. The lowest BCUT2D eigenvalue weighted by Gasteiger charge is -2.43. The number of anilines is 2. The number of pyridine rings is 1. The molecule has 2 aromatic heterocycles. The number of nitrogens with one attached hydrogen (secondary N) is 2. The number of amides is 1. The maximum absolute atomic E-state index is 12.6. The van der Waals surface area contributed by atoms with Crippen LogP contribution >= 0.6 is 23.4 Å². The molecule has 2 saturated heterocycles. The fourth-order valence-corrected chi connectivity index (χ4v) is 6.53. The van der Waals surface area contributed by atoms with Gasteiger partial charge in [0.05, 0.1) is 42.2 Å². The minimum absolute atomic E-state index is 0.118. The van der Waals surface area contributed by atoms with Crippen molar-refractivity contribution in [1.82, 2.24) is 20.3 Å². The summed E-state index contributed by atoms with van der Waals surface area (Å²) in [6, 6.07) is 1.65. The minimum Gasteiger partial charge on any atom is -0.444 e. The summed E-state index contributed by atoms with van der Waals surface area (Å²) in [7, 11) is 0. The molecule has 1 spiro atoms. The van der Waals surface area contributed by atoms with Crippen molar-refractivity contribution >= 4 is 41.1 Å². The van der Waals surface area contributed by atoms with E-state index in [-0.39, 0.29) is 24.2 Å². The fraction of sp³-hybridized carbons (Fsp3) is 0.643. The van der Waals surface area contributed by atoms with Gasteiger partial charge in [0.1, 0.15) is 22.1 Å². The third kappa shape index (κ3) is 6.99. The molecule has 2 aromatic rings. The quantitative estimate of drug-likeness (QED) is 0.346. The van der Waals surface area contributed by atoms with Gasteiger partial charge in [0, 0.05) is 36.1 Å². The van der Waals surface area contributed by atoms with E-state index in [1.54, 1.807) is 18.5 Å². The molecule has 1 aliphatic carbocycles. The minimum atomic E-state index is -0.669. The van der Waals surface area contributed by atoms with Crippen molar-refractivity contribution in [3.8, 4) is 0 Å². The number of aliphatic hydroxyl groups excluding tert-OH is 1. The molecule has 0 unspecified atom stereocenters. The van der Waals surface area contributed by atoms with Crippen molar-refractivity contribution in [2.75, 3.05) is 36.5 Å². The summed E-state index contributed by atoms with van der Waals surface area (Å²) in [5.74, 6) is 1.16. The lowest BCUT2D eigenvalue weighted by atomic mass is 9.73. The molecule has 4 N–H and O–H groups in total. The van der Waals surface area contributed by atoms with E-state index in [2.05, 4.69) is 25.5 Å². The number of alkyl carbamates (subject to hydrolysis) is 1. The Labute approximate surface area is 249 Å². The van der Waals surface area contributed by atoms with Crippen LogP contribution in [0.2, 0.25) is 5.02 Å². The number of hydrogen-bond donors (Lipinski definition) is 4. The third-order valence-electron chi connectivity index (χ3n) is 7.92. The molecule has 2 aliphatic heterocycles. The Morgan fingerprint density at radius 1 is 1.27 bits per heavy atom. The molecule has 13 heteroatoms. The number of nitrogens with zero attached hydrogens (tertiary/aromatic N) is 4. The van der Waals surface area contributed by atoms with Crippen molar-refractivity contribution in [1.29, 1.82) is 0 Å². The molecule has 0 radical (unpaired) electrons. The number of carbonyl (C=O) groups excluding carboxylic acids is 1. The second-order valence-electron chi connectivity index (χ2n) is 12.3. The van der Waals surface area contributed by atoms with Gasteiger partial charge < -0.3 is 35.2 Å². The van der Waals surface area contributed by atoms with Gasteiger partial charge in [0.2, 0.25) is 0 Å². The number of ether oxygens (including phenoxy) is 2. The highest BCUT2D eigenvalue weighted by atomic mass is 35.5. The normalized spacial score (nSPS) is 23.0. The van der Waals surface area contributed by atoms with Gasteiger partial charge in [-0.05, 0) is 59.4 Å². The first-order valence-electron chi connectivity index (χ1n) is 14.0. The molecule has 4 heterocycles. The van der Waals surface area contributed by atoms with Crippen LogP contribution in [0.5, 0.6) is 0 Å². The first kappa shape index (κ1) is 30.1. The molecule has 3 fully saturated rings. The van der Waals surface area contributed by atoms with Crippen LogP contribution < -0.4 is 15.5 Å². The standard InChI is InChI=1S/C28H39ClN6O5S/c1-17-22(34-25(37)40-26(2,3)4)27(16-39-17)8-11-35(12-9-27)24-18(14-36)33-20(13-31-24)41-19-5-10-30-23(21(19)29)32-15-28(38)6-7-28/h5,10,13,17,22,36,38H,6-9,11-12,14-16H2,1-4H3,(H,30,32)(H,34,37)/t17-,22+/m0/s1. The van der Waals surface area contributed by atoms with Crippen LogP contribution in [0.1, 0.15) is 59.1 Å². The Hall–Kier alpha value is -2.38. The van der Waals surface area contributed by atoms with E-state index in [0.717, 1.165) is 30.6 Å². The van der Waals surface area contributed by atoms with Gasteiger partial charge in [0.15, 0.2) is 5.82 Å². The number of aromatic nitrogens is 3. The van der Waals surface area contributed by atoms with Gasteiger partial charge in [-0.3, -0.25) is 0 Å². The van der Waals surface area contributed by atoms with Gasteiger partial charge >= 0.3 is 6.09 Å². The summed E-state index contributed by atoms with van der Waals surface area (Å²) < 4.78 is 11.5. The summed E-state index contributed by atoms with van der Waals surface area (Å²) in [6.07, 6.45) is 5.92. The van der Waals surface area contributed by atoms with Crippen LogP contribution in [0.4, 0.5) is 16.4 Å². The smallest absolute Gasteiger partial charge is 0.407 e. The highest BCUT2D eigenvalue weighted by molar-refractivity contribution is 7.99. The van der Waals surface area contributed by atoms with Crippen LogP contribution in [0.15, 0.2) is 28.4 Å². The SMILES string of the molecule is C[C@@H]1OCC2(CCN(c3ncc(Sc4ccnc(NCC5(O)CC5)c4Cl)nc3CO)CC2)[C@@H]1NC(=O)OC(C)(C)C. The van der Waals surface area contributed by atoms with Crippen LogP contribution in [0.25, 0.3) is 0 Å². The van der Waals surface area contributed by atoms with E-state index in [1.807, 2.05) is 27.7 Å². The van der Waals surface area contributed by atoms with Crippen LogP contribution in [0, 0.1) is 5.41 Å². The van der Waals surface area contributed by atoms with E-state index >= 15 is 0 Å². The summed E-state index contributed by atoms with van der Waals surface area (Å²) in [4.78, 5) is 29.1. The van der Waals surface area contributed by atoms with Crippen molar-refractivity contribution in [2.24, 2.45) is 5.41 Å². The van der Waals surface area contributed by atoms with Crippen molar-refractivity contribution in [2.45, 2.75) is 93.3 Å². The number of rotatable bonds is 8. The highest BCUT2D eigenvalue weighted by Crippen LogP contribution is 2.44. The van der Waals surface area contributed by atoms with Gasteiger partial charge in [-0.25, -0.2) is 19.7 Å². The summed E-state index contributed by atoms with van der Waals surface area (Å²) in [5.41, 5.74) is -0.953. The van der Waals surface area contributed by atoms with Gasteiger partial charge in [-0.15, -0.1) is 0 Å². The zero-order valence-electron chi connectivity index (χ0n) is 23.9. The fourth-order valence-electron chi connectivity index (χ4n) is 5.44. The number of aliphatic hydroxyl groups is 2. The van der Waals surface area contributed by atoms with E-state index in [4.69, 9.17) is 26.1 Å². The van der Waals surface area contributed by atoms with E-state index < -0.39 is 17.3 Å². The number of carbonyl (C=O) groups is 1. The van der Waals surface area contributed by atoms with Crippen LogP contribution in [-0.2, 0) is 16.1 Å². The molecule has 1 saturated carbocycles. The first-order chi connectivity index (χ1) is 19.4. The second kappa shape index (κ2) is 11.7. The average Bonchev–Trinajstić information content (AvgIpc) is 3.60. The maximum Gasteiger partial charge on any atom is 0.407 e. The highest BCUT2D eigenvalue weighted by Gasteiger charge is 2.50. The molecule has 11 nitrogen and oxygen atoms in total. The molecule has 41 heavy (non-hydrogen) atoms. The molecule has 3 aliphatic rings. The molecule has 224 valence electrons. The summed E-state index contributed by atoms with van der Waals surface area (Å²) >= 11 is 7.94. The lowest BCUT2D eigenvalue weighted by Crippen LogP contribution is -2.55. The van der Waals surface area contributed by atoms with E-state index in [9.17, 15) is 15.0 Å². The maximum atomic E-state index is 12.6. The van der Waals surface area contributed by atoms with Gasteiger partial charge in [-0.2, -0.15) is 0 Å². The summed E-state index contributed by atoms with van der Waals surface area (Å²) in [5, 5.41) is 27.6. The average molecular weight is 607 g/mol. The van der Waals surface area contributed by atoms with Gasteiger partial charge in [0.25, 0.3) is 0 Å². The van der Waals surface area contributed by atoms with Crippen molar-refractivity contribution < 1.29 is 24.5 Å². The Kier molecular flexibility index (Phi) is 8.60. The predicted octanol–water partition coefficient (Wildman–Crippen LogP) is 4.00. The van der Waals surface area contributed by atoms with E-state index in [0.29, 0.717) is 53.6 Å². The Morgan fingerprint density at radius 2 is 2.00 bits per heavy atom. The first-order valence-corrected chi connectivity index (χ1v) is 15.2. The number of hydrogen-bond acceptors (Lipinski definition) is 11. The zero-order valence-corrected chi connectivity index (χ0v) is 25.5. The Morgan fingerprint density at radius 3 is 2.66 bits per heavy atom. The van der Waals surface area contributed by atoms with Crippen LogP contribution in [0.3, 0.4) is 0 Å². The third-order valence-corrected chi connectivity index (χ3v) is 9.39. The lowest BCUT2D eigenvalue weighted by molar-refractivity contribution is 0.0434. The molecule has 5 rings (SSSR count). The van der Waals surface area contributed by atoms with Gasteiger partial charge in [-0.1, -0.05) is 23.4 Å². The molecule has 2 atom stereocenters. The zero-order chi connectivity index (χ0) is 29.4. The van der Waals surface area contributed by atoms with E-state index in [1.165, 1.54) is 11.8 Å². The molecule has 1 amide bonds. The largest absolute Gasteiger partial charge is 0.444 e. The summed E-state index contributed by atoms with van der Waals surface area (Å²) in [6.45, 7) is 9.62. The molecule has 0 aromatic carbocycles. The van der Waals surface area contributed by atoms with Crippen molar-refractivity contribution in [3.05, 3.63) is 29.2 Å². The molecular weight excluding hydrogens is 568 g/mol. The monoisotopic (exact) mass is 606 g/mol. The van der Waals surface area contributed by atoms with Crippen molar-refractivity contribution in [3.63, 3.8) is 0 Å². The molecular formula is C28H39ClN6O5S. The second-order valence-corrected chi connectivity index (χ2v) is 13.7. The topological polar surface area (TPSA) is 142 Å². The number of piperidine rings is 1.